The van der Waals surface area contributed by atoms with Crippen LogP contribution >= 0.6 is 11.6 Å². The van der Waals surface area contributed by atoms with Crippen molar-refractivity contribution in [1.29, 1.82) is 0 Å². The second-order valence-corrected chi connectivity index (χ2v) is 5.76. The zero-order chi connectivity index (χ0) is 13.0. The first-order valence-electron chi connectivity index (χ1n) is 6.92. The van der Waals surface area contributed by atoms with Crippen LogP contribution in [0.15, 0.2) is 24.3 Å². The number of nitrogens with one attached hydrogen (secondary N) is 1. The molecule has 0 saturated heterocycles. The molecule has 0 spiro atoms. The summed E-state index contributed by atoms with van der Waals surface area (Å²) in [6.07, 6.45) is 5.16. The Kier molecular flexibility index (Phi) is 5.04. The highest BCUT2D eigenvalue weighted by atomic mass is 35.5. The summed E-state index contributed by atoms with van der Waals surface area (Å²) in [5, 5.41) is 4.53. The second-order valence-electron chi connectivity index (χ2n) is 5.33. The number of halogens is 1. The molecule has 0 amide bonds. The fraction of sp³-hybridized carbons (Fsp3) is 0.600. The molecule has 1 aromatic rings. The van der Waals surface area contributed by atoms with Gasteiger partial charge < -0.3 is 11.1 Å². The normalized spacial score (nSPS) is 25.9. The van der Waals surface area contributed by atoms with Gasteiger partial charge in [0.2, 0.25) is 0 Å². The van der Waals surface area contributed by atoms with E-state index in [1.807, 2.05) is 12.1 Å². The minimum absolute atomic E-state index is 0.361. The molecule has 0 radical (unpaired) electrons. The lowest BCUT2D eigenvalue weighted by Gasteiger charge is -2.33. The molecule has 1 fully saturated rings. The summed E-state index contributed by atoms with van der Waals surface area (Å²) < 4.78 is 0. The number of benzene rings is 1. The van der Waals surface area contributed by atoms with Crippen LogP contribution in [0.4, 0.5) is 0 Å². The third kappa shape index (κ3) is 3.47. The predicted octanol–water partition coefficient (Wildman–Crippen LogP) is 3.51. The van der Waals surface area contributed by atoms with E-state index in [1.54, 1.807) is 0 Å². The molecule has 2 rings (SSSR count). The van der Waals surface area contributed by atoms with Crippen molar-refractivity contribution in [3.05, 3.63) is 34.9 Å². The first kappa shape index (κ1) is 13.9. The van der Waals surface area contributed by atoms with E-state index in [0.29, 0.717) is 18.0 Å². The Morgan fingerprint density at radius 3 is 2.61 bits per heavy atom. The first-order chi connectivity index (χ1) is 8.70. The van der Waals surface area contributed by atoms with Crippen molar-refractivity contribution in [3.63, 3.8) is 0 Å². The van der Waals surface area contributed by atoms with E-state index in [1.165, 1.54) is 31.2 Å². The van der Waals surface area contributed by atoms with Crippen LogP contribution in [0.5, 0.6) is 0 Å². The van der Waals surface area contributed by atoms with Gasteiger partial charge in [0, 0.05) is 17.1 Å². The van der Waals surface area contributed by atoms with Crippen LogP contribution in [-0.4, -0.2) is 12.6 Å². The third-order valence-electron chi connectivity index (χ3n) is 4.05. The third-order valence-corrected chi connectivity index (χ3v) is 4.30. The van der Waals surface area contributed by atoms with E-state index in [-0.39, 0.29) is 0 Å². The Labute approximate surface area is 115 Å². The number of rotatable bonds is 4. The van der Waals surface area contributed by atoms with Gasteiger partial charge in [-0.2, -0.15) is 0 Å². The van der Waals surface area contributed by atoms with Crippen molar-refractivity contribution < 1.29 is 0 Å². The summed E-state index contributed by atoms with van der Waals surface area (Å²) >= 11 is 5.92. The lowest BCUT2D eigenvalue weighted by Crippen LogP contribution is -2.42. The quantitative estimate of drug-likeness (QED) is 0.875. The molecule has 0 bridgehead atoms. The summed E-state index contributed by atoms with van der Waals surface area (Å²) in [4.78, 5) is 0. The van der Waals surface area contributed by atoms with Crippen LogP contribution in [0.2, 0.25) is 5.02 Å². The van der Waals surface area contributed by atoms with Crippen molar-refractivity contribution in [2.45, 2.75) is 44.7 Å². The number of hydrogen-bond acceptors (Lipinski definition) is 2. The van der Waals surface area contributed by atoms with Crippen LogP contribution in [0, 0.1) is 5.92 Å². The van der Waals surface area contributed by atoms with Gasteiger partial charge in [-0.15, -0.1) is 0 Å². The highest BCUT2D eigenvalue weighted by Crippen LogP contribution is 2.26. The monoisotopic (exact) mass is 266 g/mol. The van der Waals surface area contributed by atoms with E-state index in [0.717, 1.165) is 11.6 Å². The van der Waals surface area contributed by atoms with Crippen molar-refractivity contribution in [2.24, 2.45) is 11.7 Å². The minimum atomic E-state index is 0.361. The molecule has 1 saturated carbocycles. The number of hydrogen-bond donors (Lipinski definition) is 2. The minimum Gasteiger partial charge on any atom is -0.330 e. The molecule has 1 aliphatic carbocycles. The van der Waals surface area contributed by atoms with Gasteiger partial charge in [-0.25, -0.2) is 0 Å². The maximum atomic E-state index is 5.92. The first-order valence-corrected chi connectivity index (χ1v) is 7.30. The van der Waals surface area contributed by atoms with Gasteiger partial charge in [-0.1, -0.05) is 36.6 Å². The van der Waals surface area contributed by atoms with Crippen molar-refractivity contribution >= 4 is 11.6 Å². The molecular formula is C15H23ClN2. The van der Waals surface area contributed by atoms with Crippen LogP contribution in [0.3, 0.4) is 0 Å². The zero-order valence-electron chi connectivity index (χ0n) is 11.0. The van der Waals surface area contributed by atoms with E-state index in [9.17, 15) is 0 Å². The highest BCUT2D eigenvalue weighted by Gasteiger charge is 2.25. The smallest absolute Gasteiger partial charge is 0.0406 e. The molecule has 2 nitrogen and oxygen atoms in total. The molecule has 1 aromatic carbocycles. The SMILES string of the molecule is C[C@H](NC1CCCCC1CN)c1ccc(Cl)cc1. The zero-order valence-corrected chi connectivity index (χ0v) is 11.8. The lowest BCUT2D eigenvalue weighted by atomic mass is 9.84. The van der Waals surface area contributed by atoms with Crippen LogP contribution in [-0.2, 0) is 0 Å². The van der Waals surface area contributed by atoms with Gasteiger partial charge in [0.15, 0.2) is 0 Å². The van der Waals surface area contributed by atoms with Crippen molar-refractivity contribution in [1.82, 2.24) is 5.32 Å². The maximum Gasteiger partial charge on any atom is 0.0406 e. The van der Waals surface area contributed by atoms with Gasteiger partial charge >= 0.3 is 0 Å². The number of nitrogens with two attached hydrogens (primary N) is 1. The van der Waals surface area contributed by atoms with Crippen LogP contribution in [0.25, 0.3) is 0 Å². The van der Waals surface area contributed by atoms with Gasteiger partial charge in [0.1, 0.15) is 0 Å². The Hall–Kier alpha value is -0.570. The summed E-state index contributed by atoms with van der Waals surface area (Å²) in [6, 6.07) is 9.03. The molecule has 0 heterocycles. The Bertz CT molecular complexity index is 363. The molecule has 3 heteroatoms. The van der Waals surface area contributed by atoms with E-state index < -0.39 is 0 Å². The average Bonchev–Trinajstić information content (AvgIpc) is 2.40. The summed E-state index contributed by atoms with van der Waals surface area (Å²) in [7, 11) is 0. The van der Waals surface area contributed by atoms with Gasteiger partial charge in [0.25, 0.3) is 0 Å². The summed E-state index contributed by atoms with van der Waals surface area (Å²) in [5.41, 5.74) is 7.16. The molecular weight excluding hydrogens is 244 g/mol. The molecule has 2 unspecified atom stereocenters. The molecule has 0 aliphatic heterocycles. The van der Waals surface area contributed by atoms with Gasteiger partial charge in [-0.3, -0.25) is 0 Å². The maximum absolute atomic E-state index is 5.92. The largest absolute Gasteiger partial charge is 0.330 e. The van der Waals surface area contributed by atoms with Crippen molar-refractivity contribution in [3.8, 4) is 0 Å². The molecule has 100 valence electrons. The van der Waals surface area contributed by atoms with E-state index in [2.05, 4.69) is 24.4 Å². The fourth-order valence-corrected chi connectivity index (χ4v) is 3.00. The fourth-order valence-electron chi connectivity index (χ4n) is 2.88. The molecule has 0 aromatic heterocycles. The Morgan fingerprint density at radius 1 is 1.28 bits per heavy atom. The molecule has 3 atom stereocenters. The summed E-state index contributed by atoms with van der Waals surface area (Å²) in [6.45, 7) is 3.01. The Morgan fingerprint density at radius 2 is 1.94 bits per heavy atom. The Balaban J connectivity index is 1.97. The summed E-state index contributed by atoms with van der Waals surface area (Å²) in [5.74, 6) is 0.633. The molecule has 3 N–H and O–H groups in total. The van der Waals surface area contributed by atoms with Gasteiger partial charge in [0.05, 0.1) is 0 Å². The standard InChI is InChI=1S/C15H23ClN2/c1-11(12-6-8-14(16)9-7-12)18-15-5-3-2-4-13(15)10-17/h6-9,11,13,15,18H,2-5,10,17H2,1H3/t11-,13?,15?/m0/s1. The average molecular weight is 267 g/mol. The van der Waals surface area contributed by atoms with Crippen LogP contribution < -0.4 is 11.1 Å². The topological polar surface area (TPSA) is 38.0 Å². The molecule has 1 aliphatic rings. The predicted molar refractivity (Wildman–Crippen MR) is 77.8 cm³/mol. The van der Waals surface area contributed by atoms with Crippen molar-refractivity contribution in [2.75, 3.05) is 6.54 Å². The van der Waals surface area contributed by atoms with Gasteiger partial charge in [-0.05, 0) is 49.9 Å². The van der Waals surface area contributed by atoms with E-state index >= 15 is 0 Å². The van der Waals surface area contributed by atoms with Crippen LogP contribution in [0.1, 0.15) is 44.2 Å². The second kappa shape index (κ2) is 6.55. The molecule has 18 heavy (non-hydrogen) atoms. The highest BCUT2D eigenvalue weighted by molar-refractivity contribution is 6.30. The van der Waals surface area contributed by atoms with E-state index in [4.69, 9.17) is 17.3 Å². The lowest BCUT2D eigenvalue weighted by molar-refractivity contribution is 0.252.